The highest BCUT2D eigenvalue weighted by Gasteiger charge is 2.38. The number of carbonyl (C=O) groups excluding carboxylic acids is 1. The van der Waals surface area contributed by atoms with Gasteiger partial charge < -0.3 is 9.84 Å². The molecule has 31 heavy (non-hydrogen) atoms. The van der Waals surface area contributed by atoms with E-state index in [4.69, 9.17) is 4.74 Å². The summed E-state index contributed by atoms with van der Waals surface area (Å²) in [4.78, 5) is 15.3. The Hall–Kier alpha value is -1.93. The second kappa shape index (κ2) is 9.69. The van der Waals surface area contributed by atoms with Gasteiger partial charge in [-0.15, -0.1) is 8.58 Å². The molecule has 1 heterocycles. The number of aliphatic hydroxyl groups excluding tert-OH is 1. The van der Waals surface area contributed by atoms with Crippen LogP contribution in [0.4, 0.5) is 26.3 Å². The van der Waals surface area contributed by atoms with Gasteiger partial charge >= 0.3 is 18.3 Å². The molecule has 0 saturated carbocycles. The molecule has 1 aromatic carbocycles. The number of nitrogens with zero attached hydrogens (tertiary/aromatic N) is 1. The monoisotopic (exact) mass is 469 g/mol. The van der Waals surface area contributed by atoms with Crippen LogP contribution in [0.1, 0.15) is 43.7 Å². The molecule has 0 aliphatic rings. The molecule has 1 N–H and O–H groups in total. The molecule has 0 radical (unpaired) electrons. The van der Waals surface area contributed by atoms with Crippen LogP contribution in [0.5, 0.6) is 0 Å². The fourth-order valence-corrected chi connectivity index (χ4v) is 4.51. The molecule has 0 aliphatic heterocycles. The highest BCUT2D eigenvalue weighted by Crippen LogP contribution is 2.40. The first-order chi connectivity index (χ1) is 14.3. The number of aromatic nitrogens is 1. The molecule has 11 heteroatoms. The lowest BCUT2D eigenvalue weighted by atomic mass is 10.00. The standard InChI is InChI=1S/C20H22F6NO3P/c1-4-30-18(29)17(10(2)3)31-9-14(28)12-8-15(20(24,25)26)27-16-11(12)6-5-7-13(16)19(21,22)23/h5-8,10,14,17,28,31H,4,9H2,1-3H3. The quantitative estimate of drug-likeness (QED) is 0.327. The molecule has 0 bridgehead atoms. The zero-order valence-electron chi connectivity index (χ0n) is 16.9. The summed E-state index contributed by atoms with van der Waals surface area (Å²) >= 11 is 0. The number of esters is 1. The van der Waals surface area contributed by atoms with E-state index in [1.165, 1.54) is 6.07 Å². The maximum absolute atomic E-state index is 13.3. The Labute approximate surface area is 176 Å². The summed E-state index contributed by atoms with van der Waals surface area (Å²) in [6.07, 6.45) is -11.6. The molecule has 0 saturated heterocycles. The summed E-state index contributed by atoms with van der Waals surface area (Å²) in [5.74, 6) is -0.640. The van der Waals surface area contributed by atoms with Crippen molar-refractivity contribution < 1.29 is 41.0 Å². The van der Waals surface area contributed by atoms with Crippen molar-refractivity contribution in [2.45, 2.75) is 44.9 Å². The fraction of sp³-hybridized carbons (Fsp3) is 0.500. The number of hydrogen-bond donors (Lipinski definition) is 1. The van der Waals surface area contributed by atoms with E-state index in [-0.39, 0.29) is 38.2 Å². The van der Waals surface area contributed by atoms with Gasteiger partial charge in [-0.25, -0.2) is 4.98 Å². The predicted molar refractivity (Wildman–Crippen MR) is 105 cm³/mol. The van der Waals surface area contributed by atoms with Crippen LogP contribution < -0.4 is 0 Å². The van der Waals surface area contributed by atoms with E-state index in [1.54, 1.807) is 20.8 Å². The SMILES string of the molecule is CCOC(=O)C(PCC(O)c1cc(C(F)(F)F)nc2c(C(F)(F)F)cccc12)C(C)C. The van der Waals surface area contributed by atoms with Crippen molar-refractivity contribution in [3.63, 3.8) is 0 Å². The fourth-order valence-electron chi connectivity index (χ4n) is 3.10. The number of para-hydroxylation sites is 1. The summed E-state index contributed by atoms with van der Waals surface area (Å²) in [7, 11) is -0.208. The number of rotatable bonds is 7. The van der Waals surface area contributed by atoms with E-state index in [9.17, 15) is 36.2 Å². The van der Waals surface area contributed by atoms with Gasteiger partial charge in [0.1, 0.15) is 5.69 Å². The maximum atomic E-state index is 13.3. The van der Waals surface area contributed by atoms with Gasteiger partial charge in [0.2, 0.25) is 0 Å². The van der Waals surface area contributed by atoms with Crippen molar-refractivity contribution in [2.75, 3.05) is 12.8 Å². The second-order valence-corrected chi connectivity index (χ2v) is 8.63. The van der Waals surface area contributed by atoms with E-state index in [0.717, 1.165) is 6.07 Å². The third-order valence-corrected chi connectivity index (χ3v) is 6.53. The minimum absolute atomic E-state index is 0.117. The van der Waals surface area contributed by atoms with Crippen molar-refractivity contribution in [1.82, 2.24) is 4.98 Å². The Morgan fingerprint density at radius 3 is 2.32 bits per heavy atom. The van der Waals surface area contributed by atoms with E-state index in [1.807, 2.05) is 0 Å². The molecule has 0 amide bonds. The van der Waals surface area contributed by atoms with E-state index in [2.05, 4.69) is 4.98 Å². The van der Waals surface area contributed by atoms with Crippen LogP contribution in [-0.4, -0.2) is 34.5 Å². The van der Waals surface area contributed by atoms with Crippen LogP contribution in [0, 0.1) is 5.92 Å². The number of alkyl halides is 6. The minimum atomic E-state index is -5.00. The van der Waals surface area contributed by atoms with Crippen LogP contribution in [0.25, 0.3) is 10.9 Å². The third kappa shape index (κ3) is 6.07. The molecule has 172 valence electrons. The number of aliphatic hydroxyl groups is 1. The van der Waals surface area contributed by atoms with Crippen LogP contribution in [0.3, 0.4) is 0 Å². The zero-order valence-corrected chi connectivity index (χ0v) is 17.9. The van der Waals surface area contributed by atoms with Crippen LogP contribution >= 0.6 is 8.58 Å². The molecule has 4 nitrogen and oxygen atoms in total. The number of benzene rings is 1. The first kappa shape index (κ1) is 25.3. The lowest BCUT2D eigenvalue weighted by Gasteiger charge is -2.22. The molecular formula is C20H22F6NO3P. The number of fused-ring (bicyclic) bond motifs is 1. The number of hydrogen-bond acceptors (Lipinski definition) is 4. The van der Waals surface area contributed by atoms with Crippen molar-refractivity contribution in [3.8, 4) is 0 Å². The summed E-state index contributed by atoms with van der Waals surface area (Å²) in [6, 6.07) is 3.44. The normalized spacial score (nSPS) is 15.1. The molecule has 2 rings (SSSR count). The molecule has 3 atom stereocenters. The topological polar surface area (TPSA) is 59.4 Å². The average molecular weight is 469 g/mol. The maximum Gasteiger partial charge on any atom is 0.433 e. The number of carbonyl (C=O) groups is 1. The first-order valence-electron chi connectivity index (χ1n) is 9.43. The van der Waals surface area contributed by atoms with Crippen molar-refractivity contribution in [2.24, 2.45) is 5.92 Å². The summed E-state index contributed by atoms with van der Waals surface area (Å²) in [6.45, 7) is 5.31. The van der Waals surface area contributed by atoms with E-state index >= 15 is 0 Å². The molecule has 3 unspecified atom stereocenters. The Bertz CT molecular complexity index is 929. The largest absolute Gasteiger partial charge is 0.466 e. The highest BCUT2D eigenvalue weighted by atomic mass is 31.1. The third-order valence-electron chi connectivity index (χ3n) is 4.56. The van der Waals surface area contributed by atoms with Gasteiger partial charge in [0.15, 0.2) is 0 Å². The Balaban J connectivity index is 2.51. The van der Waals surface area contributed by atoms with Gasteiger partial charge in [-0.1, -0.05) is 26.0 Å². The second-order valence-electron chi connectivity index (χ2n) is 7.19. The van der Waals surface area contributed by atoms with Gasteiger partial charge in [-0.05, 0) is 36.7 Å². The summed E-state index contributed by atoms with van der Waals surface area (Å²) in [5.41, 5.74) is -4.63. The Morgan fingerprint density at radius 1 is 1.16 bits per heavy atom. The molecule has 1 aromatic heterocycles. The Morgan fingerprint density at radius 2 is 1.81 bits per heavy atom. The smallest absolute Gasteiger partial charge is 0.433 e. The molecule has 0 aliphatic carbocycles. The summed E-state index contributed by atoms with van der Waals surface area (Å²) < 4.78 is 85.0. The lowest BCUT2D eigenvalue weighted by Crippen LogP contribution is -2.25. The zero-order chi connectivity index (χ0) is 23.6. The average Bonchev–Trinajstić information content (AvgIpc) is 2.65. The van der Waals surface area contributed by atoms with Gasteiger partial charge in [-0.2, -0.15) is 26.3 Å². The predicted octanol–water partition coefficient (Wildman–Crippen LogP) is 5.57. The van der Waals surface area contributed by atoms with Crippen LogP contribution in [-0.2, 0) is 21.9 Å². The molecule has 0 fully saturated rings. The molecule has 2 aromatic rings. The lowest BCUT2D eigenvalue weighted by molar-refractivity contribution is -0.143. The number of pyridine rings is 1. The van der Waals surface area contributed by atoms with Crippen LogP contribution in [0.2, 0.25) is 0 Å². The van der Waals surface area contributed by atoms with Crippen molar-refractivity contribution in [1.29, 1.82) is 0 Å². The van der Waals surface area contributed by atoms with Gasteiger partial charge in [0.05, 0.1) is 29.4 Å². The van der Waals surface area contributed by atoms with Crippen LogP contribution in [0.15, 0.2) is 24.3 Å². The number of halogens is 6. The van der Waals surface area contributed by atoms with Crippen molar-refractivity contribution >= 4 is 25.5 Å². The van der Waals surface area contributed by atoms with Gasteiger partial charge in [0.25, 0.3) is 0 Å². The van der Waals surface area contributed by atoms with E-state index < -0.39 is 46.9 Å². The van der Waals surface area contributed by atoms with Gasteiger partial charge in [-0.3, -0.25) is 4.79 Å². The highest BCUT2D eigenvalue weighted by molar-refractivity contribution is 7.40. The summed E-state index contributed by atoms with van der Waals surface area (Å²) in [5, 5.41) is 10.4. The molecule has 0 spiro atoms. The van der Waals surface area contributed by atoms with Gasteiger partial charge in [0, 0.05) is 5.39 Å². The van der Waals surface area contributed by atoms with Crippen molar-refractivity contribution in [3.05, 3.63) is 41.1 Å². The molecular weight excluding hydrogens is 447 g/mol. The first-order valence-corrected chi connectivity index (χ1v) is 10.7. The van der Waals surface area contributed by atoms with E-state index in [0.29, 0.717) is 12.1 Å². The Kier molecular flexibility index (Phi) is 7.92. The number of ether oxygens (including phenoxy) is 1. The minimum Gasteiger partial charge on any atom is -0.466 e.